The molecule has 21 heavy (non-hydrogen) atoms. The highest BCUT2D eigenvalue weighted by Gasteiger charge is 2.27. The van der Waals surface area contributed by atoms with E-state index in [-0.39, 0.29) is 12.1 Å². The Balaban J connectivity index is 1.95. The van der Waals surface area contributed by atoms with Gasteiger partial charge in [0, 0.05) is 30.1 Å². The van der Waals surface area contributed by atoms with Crippen molar-refractivity contribution in [1.29, 1.82) is 0 Å². The van der Waals surface area contributed by atoms with Crippen LogP contribution < -0.4 is 5.32 Å². The first-order chi connectivity index (χ1) is 9.85. The molecule has 116 valence electrons. The lowest BCUT2D eigenvalue weighted by Gasteiger charge is -2.35. The van der Waals surface area contributed by atoms with Gasteiger partial charge in [0.1, 0.15) is 5.60 Å². The fraction of sp³-hybridized carbons (Fsp3) is 0.562. The summed E-state index contributed by atoms with van der Waals surface area (Å²) in [6.07, 6.45) is 0.668. The zero-order valence-electron chi connectivity index (χ0n) is 12.9. The highest BCUT2D eigenvalue weighted by Crippen LogP contribution is 2.19. The molecule has 1 aliphatic rings. The van der Waals surface area contributed by atoms with Crippen molar-refractivity contribution in [1.82, 2.24) is 10.2 Å². The second kappa shape index (κ2) is 6.79. The van der Waals surface area contributed by atoms with Crippen LogP contribution in [-0.2, 0) is 11.2 Å². The first-order valence-electron chi connectivity index (χ1n) is 7.30. The predicted octanol–water partition coefficient (Wildman–Crippen LogP) is 3.20. The van der Waals surface area contributed by atoms with Crippen LogP contribution in [0.25, 0.3) is 0 Å². The molecule has 0 aliphatic carbocycles. The highest BCUT2D eigenvalue weighted by atomic mass is 79.9. The van der Waals surface area contributed by atoms with E-state index in [1.54, 1.807) is 4.90 Å². The number of nitrogens with zero attached hydrogens (tertiary/aromatic N) is 1. The SMILES string of the molecule is CC(C)(C)OC(=O)N1CCNC(Cc2ccccc2Br)C1. The molecule has 5 heteroatoms. The Hall–Kier alpha value is -1.07. The molecule has 0 radical (unpaired) electrons. The summed E-state index contributed by atoms with van der Waals surface area (Å²) in [6.45, 7) is 7.86. The van der Waals surface area contributed by atoms with E-state index in [0.29, 0.717) is 13.1 Å². The van der Waals surface area contributed by atoms with Gasteiger partial charge in [-0.15, -0.1) is 0 Å². The third kappa shape index (κ3) is 5.00. The molecule has 1 fully saturated rings. The van der Waals surface area contributed by atoms with Gasteiger partial charge in [-0.05, 0) is 38.8 Å². The summed E-state index contributed by atoms with van der Waals surface area (Å²) in [5.41, 5.74) is 0.806. The summed E-state index contributed by atoms with van der Waals surface area (Å²) in [4.78, 5) is 13.9. The van der Waals surface area contributed by atoms with E-state index in [0.717, 1.165) is 17.4 Å². The molecule has 1 amide bonds. The van der Waals surface area contributed by atoms with E-state index in [2.05, 4.69) is 27.3 Å². The molecule has 1 aliphatic heterocycles. The number of benzene rings is 1. The van der Waals surface area contributed by atoms with E-state index in [1.807, 2.05) is 39.0 Å². The van der Waals surface area contributed by atoms with Gasteiger partial charge in [-0.25, -0.2) is 4.79 Å². The lowest BCUT2D eigenvalue weighted by molar-refractivity contribution is 0.0195. The van der Waals surface area contributed by atoms with Gasteiger partial charge in [0.2, 0.25) is 0 Å². The van der Waals surface area contributed by atoms with Crippen molar-refractivity contribution >= 4 is 22.0 Å². The number of rotatable bonds is 2. The number of piperazine rings is 1. The van der Waals surface area contributed by atoms with Crippen LogP contribution in [0.1, 0.15) is 26.3 Å². The fourth-order valence-electron chi connectivity index (χ4n) is 2.38. The lowest BCUT2D eigenvalue weighted by atomic mass is 10.0. The number of hydrogen-bond donors (Lipinski definition) is 1. The van der Waals surface area contributed by atoms with Crippen molar-refractivity contribution in [2.45, 2.75) is 38.8 Å². The standard InChI is InChI=1S/C16H23BrN2O2/c1-16(2,3)21-15(20)19-9-8-18-13(11-19)10-12-6-4-5-7-14(12)17/h4-7,13,18H,8-11H2,1-3H3. The minimum absolute atomic E-state index is 0.221. The van der Waals surface area contributed by atoms with Crippen LogP contribution in [0.2, 0.25) is 0 Å². The van der Waals surface area contributed by atoms with Crippen molar-refractivity contribution < 1.29 is 9.53 Å². The molecule has 2 rings (SSSR count). The second-order valence-electron chi connectivity index (χ2n) is 6.37. The van der Waals surface area contributed by atoms with Gasteiger partial charge >= 0.3 is 6.09 Å². The third-order valence-electron chi connectivity index (χ3n) is 3.33. The van der Waals surface area contributed by atoms with E-state index in [9.17, 15) is 4.79 Å². The molecular formula is C16H23BrN2O2. The molecule has 4 nitrogen and oxygen atoms in total. The van der Waals surface area contributed by atoms with Crippen LogP contribution in [0.4, 0.5) is 4.79 Å². The molecule has 0 bridgehead atoms. The van der Waals surface area contributed by atoms with Crippen molar-refractivity contribution in [3.05, 3.63) is 34.3 Å². The molecule has 1 saturated heterocycles. The minimum Gasteiger partial charge on any atom is -0.444 e. The summed E-state index contributed by atoms with van der Waals surface area (Å²) in [7, 11) is 0. The van der Waals surface area contributed by atoms with Crippen LogP contribution in [0.15, 0.2) is 28.7 Å². The molecular weight excluding hydrogens is 332 g/mol. The summed E-state index contributed by atoms with van der Waals surface area (Å²) in [5, 5.41) is 3.47. The Morgan fingerprint density at radius 2 is 2.14 bits per heavy atom. The van der Waals surface area contributed by atoms with E-state index < -0.39 is 5.60 Å². The van der Waals surface area contributed by atoms with Gasteiger partial charge < -0.3 is 15.0 Å². The third-order valence-corrected chi connectivity index (χ3v) is 4.10. The molecule has 0 saturated carbocycles. The highest BCUT2D eigenvalue weighted by molar-refractivity contribution is 9.10. The lowest BCUT2D eigenvalue weighted by Crippen LogP contribution is -2.54. The molecule has 0 spiro atoms. The smallest absolute Gasteiger partial charge is 0.410 e. The molecule has 1 aromatic carbocycles. The summed E-state index contributed by atoms with van der Waals surface area (Å²) >= 11 is 3.57. The number of nitrogens with one attached hydrogen (secondary N) is 1. The zero-order chi connectivity index (χ0) is 15.5. The van der Waals surface area contributed by atoms with Crippen molar-refractivity contribution in [3.8, 4) is 0 Å². The number of halogens is 1. The molecule has 1 N–H and O–H groups in total. The first kappa shape index (κ1) is 16.3. The van der Waals surface area contributed by atoms with Crippen molar-refractivity contribution in [2.75, 3.05) is 19.6 Å². The average molecular weight is 355 g/mol. The maximum Gasteiger partial charge on any atom is 0.410 e. The van der Waals surface area contributed by atoms with Gasteiger partial charge in [-0.3, -0.25) is 0 Å². The largest absolute Gasteiger partial charge is 0.444 e. The predicted molar refractivity (Wildman–Crippen MR) is 87.4 cm³/mol. The summed E-state index contributed by atoms with van der Waals surface area (Å²) in [5.74, 6) is 0. The maximum atomic E-state index is 12.1. The van der Waals surface area contributed by atoms with Crippen LogP contribution in [0, 0.1) is 0 Å². The van der Waals surface area contributed by atoms with E-state index >= 15 is 0 Å². The minimum atomic E-state index is -0.445. The molecule has 1 heterocycles. The second-order valence-corrected chi connectivity index (χ2v) is 7.23. The zero-order valence-corrected chi connectivity index (χ0v) is 14.4. The normalized spacial score (nSPS) is 19.4. The Bertz CT molecular complexity index is 499. The monoisotopic (exact) mass is 354 g/mol. The van der Waals surface area contributed by atoms with E-state index in [1.165, 1.54) is 5.56 Å². The van der Waals surface area contributed by atoms with Gasteiger partial charge in [-0.2, -0.15) is 0 Å². The Morgan fingerprint density at radius 3 is 2.81 bits per heavy atom. The summed E-state index contributed by atoms with van der Waals surface area (Å²) in [6, 6.07) is 8.45. The topological polar surface area (TPSA) is 41.6 Å². The Labute approximate surface area is 135 Å². The average Bonchev–Trinajstić information content (AvgIpc) is 2.40. The van der Waals surface area contributed by atoms with Crippen molar-refractivity contribution in [2.24, 2.45) is 0 Å². The van der Waals surface area contributed by atoms with Crippen molar-refractivity contribution in [3.63, 3.8) is 0 Å². The number of hydrogen-bond acceptors (Lipinski definition) is 3. The number of amides is 1. The fourth-order valence-corrected chi connectivity index (χ4v) is 2.83. The number of carbonyl (C=O) groups excluding carboxylic acids is 1. The van der Waals surface area contributed by atoms with E-state index in [4.69, 9.17) is 4.74 Å². The van der Waals surface area contributed by atoms with Gasteiger partial charge in [0.15, 0.2) is 0 Å². The number of carbonyl (C=O) groups is 1. The quantitative estimate of drug-likeness (QED) is 0.886. The van der Waals surface area contributed by atoms with Gasteiger partial charge in [0.25, 0.3) is 0 Å². The van der Waals surface area contributed by atoms with Crippen LogP contribution >= 0.6 is 15.9 Å². The maximum absolute atomic E-state index is 12.1. The molecule has 1 unspecified atom stereocenters. The molecule has 1 atom stereocenters. The van der Waals surface area contributed by atoms with Gasteiger partial charge in [0.05, 0.1) is 0 Å². The Morgan fingerprint density at radius 1 is 1.43 bits per heavy atom. The molecule has 0 aromatic heterocycles. The van der Waals surface area contributed by atoms with Crippen LogP contribution in [0.3, 0.4) is 0 Å². The first-order valence-corrected chi connectivity index (χ1v) is 8.09. The number of ether oxygens (including phenoxy) is 1. The molecule has 1 aromatic rings. The summed E-state index contributed by atoms with van der Waals surface area (Å²) < 4.78 is 6.56. The van der Waals surface area contributed by atoms with Crippen LogP contribution in [-0.4, -0.2) is 42.3 Å². The Kier molecular flexibility index (Phi) is 5.27. The van der Waals surface area contributed by atoms with Gasteiger partial charge in [-0.1, -0.05) is 34.1 Å². The van der Waals surface area contributed by atoms with Crippen LogP contribution in [0.5, 0.6) is 0 Å².